The van der Waals surface area contributed by atoms with Crippen molar-refractivity contribution >= 4 is 39.9 Å². The number of nitriles is 1. The van der Waals surface area contributed by atoms with E-state index < -0.39 is 0 Å². The van der Waals surface area contributed by atoms with Crippen LogP contribution in [0.3, 0.4) is 0 Å². The molecule has 1 heterocycles. The van der Waals surface area contributed by atoms with E-state index >= 15 is 0 Å². The van der Waals surface area contributed by atoms with Crippen LogP contribution in [0.1, 0.15) is 30.4 Å². The maximum Gasteiger partial charge on any atom is 0.237 e. The minimum Gasteiger partial charge on any atom is -0.358 e. The van der Waals surface area contributed by atoms with Gasteiger partial charge in [0, 0.05) is 25.3 Å². The Morgan fingerprint density at radius 3 is 2.67 bits per heavy atom. The van der Waals surface area contributed by atoms with Gasteiger partial charge in [0.25, 0.3) is 0 Å². The molecule has 0 unspecified atom stereocenters. The van der Waals surface area contributed by atoms with Crippen molar-refractivity contribution in [2.45, 2.75) is 33.1 Å². The summed E-state index contributed by atoms with van der Waals surface area (Å²) >= 11 is 6.86. The van der Waals surface area contributed by atoms with Crippen LogP contribution in [0.25, 0.3) is 0 Å². The van der Waals surface area contributed by atoms with Crippen LogP contribution in [0, 0.1) is 25.2 Å². The Morgan fingerprint density at radius 1 is 1.33 bits per heavy atom. The lowest BCUT2D eigenvalue weighted by Crippen LogP contribution is -2.34. The van der Waals surface area contributed by atoms with Gasteiger partial charge in [-0.3, -0.25) is 4.79 Å². The van der Waals surface area contributed by atoms with Gasteiger partial charge < -0.3 is 9.80 Å². The summed E-state index contributed by atoms with van der Waals surface area (Å²) in [4.78, 5) is 16.6. The highest BCUT2D eigenvalue weighted by Crippen LogP contribution is 2.22. The van der Waals surface area contributed by atoms with Crippen molar-refractivity contribution in [1.29, 1.82) is 5.26 Å². The summed E-state index contributed by atoms with van der Waals surface area (Å²) in [7, 11) is 0. The summed E-state index contributed by atoms with van der Waals surface area (Å²) < 4.78 is 0.807. The fourth-order valence-corrected chi connectivity index (χ4v) is 3.77. The van der Waals surface area contributed by atoms with E-state index in [1.54, 1.807) is 4.90 Å². The molecule has 1 aliphatic rings. The molecule has 24 heavy (non-hydrogen) atoms. The minimum absolute atomic E-state index is 0.0000463. The molecular weight excluding hydrogens is 338 g/mol. The van der Waals surface area contributed by atoms with E-state index in [4.69, 9.17) is 17.5 Å². The zero-order valence-electron chi connectivity index (χ0n) is 14.2. The van der Waals surface area contributed by atoms with Crippen LogP contribution in [0.2, 0.25) is 0 Å². The van der Waals surface area contributed by atoms with Crippen LogP contribution in [0.5, 0.6) is 0 Å². The van der Waals surface area contributed by atoms with Crippen molar-refractivity contribution in [3.63, 3.8) is 0 Å². The largest absolute Gasteiger partial charge is 0.358 e. The Hall–Kier alpha value is -1.58. The number of thiocarbonyl (C=S) groups is 1. The highest BCUT2D eigenvalue weighted by Gasteiger charge is 2.20. The Balaban J connectivity index is 2.03. The molecule has 2 rings (SSSR count). The first kappa shape index (κ1) is 18.8. The molecule has 1 aliphatic heterocycles. The summed E-state index contributed by atoms with van der Waals surface area (Å²) in [6.45, 7) is 6.48. The lowest BCUT2D eigenvalue weighted by Gasteiger charge is -2.23. The van der Waals surface area contributed by atoms with Crippen LogP contribution in [0.4, 0.5) is 5.69 Å². The van der Waals surface area contributed by atoms with Crippen molar-refractivity contribution in [1.82, 2.24) is 4.90 Å². The van der Waals surface area contributed by atoms with Crippen LogP contribution in [-0.2, 0) is 4.79 Å². The standard InChI is InChI=1S/C18H23N3OS2/c1-14-6-7-16(12-15(14)2)21(11-5-8-19)17(22)13-24-18(23)20-9-3-4-10-20/h6-7,12H,3-5,9-11,13H2,1-2H3. The zero-order chi connectivity index (χ0) is 17.5. The Morgan fingerprint density at radius 2 is 2.04 bits per heavy atom. The third kappa shape index (κ3) is 4.96. The SMILES string of the molecule is Cc1ccc(N(CCC#N)C(=O)CSC(=S)N2CCCC2)cc1C. The van der Waals surface area contributed by atoms with Gasteiger partial charge in [-0.05, 0) is 49.9 Å². The third-order valence-corrected chi connectivity index (χ3v) is 5.74. The molecule has 1 amide bonds. The lowest BCUT2D eigenvalue weighted by atomic mass is 10.1. The lowest BCUT2D eigenvalue weighted by molar-refractivity contribution is -0.116. The summed E-state index contributed by atoms with van der Waals surface area (Å²) in [5, 5.41) is 8.88. The van der Waals surface area contributed by atoms with Gasteiger partial charge in [0.1, 0.15) is 4.32 Å². The zero-order valence-corrected chi connectivity index (χ0v) is 15.9. The average molecular weight is 362 g/mol. The summed E-state index contributed by atoms with van der Waals surface area (Å²) in [5.41, 5.74) is 3.18. The maximum absolute atomic E-state index is 12.7. The smallest absolute Gasteiger partial charge is 0.237 e. The number of amides is 1. The monoisotopic (exact) mass is 361 g/mol. The number of hydrogen-bond donors (Lipinski definition) is 0. The first-order valence-corrected chi connectivity index (χ1v) is 9.58. The summed E-state index contributed by atoms with van der Waals surface area (Å²) in [6.07, 6.45) is 2.66. The molecular formula is C18H23N3OS2. The first-order valence-electron chi connectivity index (χ1n) is 8.19. The molecule has 1 saturated heterocycles. The second kappa shape index (κ2) is 9.05. The van der Waals surface area contributed by atoms with E-state index in [0.29, 0.717) is 18.7 Å². The number of aryl methyl sites for hydroxylation is 2. The highest BCUT2D eigenvalue weighted by atomic mass is 32.2. The number of nitrogens with zero attached hydrogens (tertiary/aromatic N) is 3. The molecule has 1 aromatic rings. The van der Waals surface area contributed by atoms with E-state index in [1.165, 1.54) is 30.2 Å². The van der Waals surface area contributed by atoms with Crippen molar-refractivity contribution < 1.29 is 4.79 Å². The van der Waals surface area contributed by atoms with Gasteiger partial charge in [0.2, 0.25) is 5.91 Å². The van der Waals surface area contributed by atoms with Crippen LogP contribution in [-0.4, -0.2) is 40.5 Å². The molecule has 0 aliphatic carbocycles. The maximum atomic E-state index is 12.7. The van der Waals surface area contributed by atoms with Gasteiger partial charge in [-0.25, -0.2) is 0 Å². The molecule has 0 bridgehead atoms. The van der Waals surface area contributed by atoms with Gasteiger partial charge in [-0.1, -0.05) is 30.0 Å². The fourth-order valence-electron chi connectivity index (χ4n) is 2.65. The molecule has 1 fully saturated rings. The predicted molar refractivity (Wildman–Crippen MR) is 104 cm³/mol. The minimum atomic E-state index is 0.0000463. The number of likely N-dealkylation sites (tertiary alicyclic amines) is 1. The van der Waals surface area contributed by atoms with Gasteiger partial charge in [0.15, 0.2) is 0 Å². The van der Waals surface area contributed by atoms with Gasteiger partial charge in [-0.15, -0.1) is 0 Å². The number of hydrogen-bond acceptors (Lipinski definition) is 4. The molecule has 0 atom stereocenters. The Kier molecular flexibility index (Phi) is 7.07. The van der Waals surface area contributed by atoms with Crippen molar-refractivity contribution in [3.05, 3.63) is 29.3 Å². The average Bonchev–Trinajstić information content (AvgIpc) is 3.10. The van der Waals surface area contributed by atoms with Crippen molar-refractivity contribution in [2.75, 3.05) is 30.3 Å². The van der Waals surface area contributed by atoms with E-state index in [9.17, 15) is 4.79 Å². The quantitative estimate of drug-likeness (QED) is 0.749. The van der Waals surface area contributed by atoms with Crippen LogP contribution >= 0.6 is 24.0 Å². The van der Waals surface area contributed by atoms with Gasteiger partial charge in [-0.2, -0.15) is 5.26 Å². The molecule has 0 radical (unpaired) electrons. The number of carbonyl (C=O) groups is 1. The summed E-state index contributed by atoms with van der Waals surface area (Å²) in [6, 6.07) is 8.09. The predicted octanol–water partition coefficient (Wildman–Crippen LogP) is 3.66. The second-order valence-electron chi connectivity index (χ2n) is 5.97. The van der Waals surface area contributed by atoms with E-state index in [0.717, 1.165) is 28.7 Å². The van der Waals surface area contributed by atoms with E-state index in [-0.39, 0.29) is 5.91 Å². The third-order valence-electron chi connectivity index (χ3n) is 4.23. The molecule has 4 nitrogen and oxygen atoms in total. The molecule has 128 valence electrons. The first-order chi connectivity index (χ1) is 11.5. The number of benzene rings is 1. The number of carbonyl (C=O) groups excluding carboxylic acids is 1. The number of thioether (sulfide) groups is 1. The van der Waals surface area contributed by atoms with Crippen LogP contribution in [0.15, 0.2) is 18.2 Å². The Labute approximate surface area is 153 Å². The van der Waals surface area contributed by atoms with Gasteiger partial charge >= 0.3 is 0 Å². The van der Waals surface area contributed by atoms with E-state index in [2.05, 4.69) is 11.0 Å². The Bertz CT molecular complexity index is 648. The molecule has 0 saturated carbocycles. The van der Waals surface area contributed by atoms with Gasteiger partial charge in [0.05, 0.1) is 18.2 Å². The van der Waals surface area contributed by atoms with Crippen molar-refractivity contribution in [3.8, 4) is 6.07 Å². The molecule has 0 aromatic heterocycles. The fraction of sp³-hybridized carbons (Fsp3) is 0.500. The van der Waals surface area contributed by atoms with E-state index in [1.807, 2.05) is 32.0 Å². The second-order valence-corrected chi connectivity index (χ2v) is 7.58. The molecule has 0 spiro atoms. The number of anilines is 1. The van der Waals surface area contributed by atoms with Crippen molar-refractivity contribution in [2.24, 2.45) is 0 Å². The topological polar surface area (TPSA) is 47.3 Å². The summed E-state index contributed by atoms with van der Waals surface area (Å²) in [5.74, 6) is 0.313. The molecule has 1 aromatic carbocycles. The molecule has 6 heteroatoms. The normalized spacial score (nSPS) is 13.6. The van der Waals surface area contributed by atoms with Crippen LogP contribution < -0.4 is 4.90 Å². The number of rotatable bonds is 5. The highest BCUT2D eigenvalue weighted by molar-refractivity contribution is 8.23. The molecule has 0 N–H and O–H groups in total.